The van der Waals surface area contributed by atoms with Crippen LogP contribution in [0.4, 0.5) is 4.39 Å². The Kier molecular flexibility index (Phi) is 5.44. The van der Waals surface area contributed by atoms with Crippen molar-refractivity contribution in [3.8, 4) is 0 Å². The first kappa shape index (κ1) is 20.0. The van der Waals surface area contributed by atoms with Crippen molar-refractivity contribution in [1.29, 1.82) is 0 Å². The summed E-state index contributed by atoms with van der Waals surface area (Å²) in [6.07, 6.45) is 2.57. The third-order valence-electron chi connectivity index (χ3n) is 6.48. The molecule has 2 saturated heterocycles. The number of aromatic nitrogens is 1. The number of fused-ring (bicyclic) bond motifs is 1. The quantitative estimate of drug-likeness (QED) is 0.853. The molecule has 29 heavy (non-hydrogen) atoms. The summed E-state index contributed by atoms with van der Waals surface area (Å²) in [4.78, 5) is 21.7. The van der Waals surface area contributed by atoms with E-state index in [0.29, 0.717) is 37.0 Å². The van der Waals surface area contributed by atoms with Crippen LogP contribution in [-0.4, -0.2) is 58.1 Å². The number of amides is 1. The number of piperidine rings is 2. The van der Waals surface area contributed by atoms with E-state index >= 15 is 0 Å². The molecule has 0 spiro atoms. The van der Waals surface area contributed by atoms with Gasteiger partial charge >= 0.3 is 0 Å². The Labute approximate surface area is 170 Å². The lowest BCUT2D eigenvalue weighted by atomic mass is 9.68. The number of oxazole rings is 1. The molecule has 6 nitrogen and oxygen atoms in total. The number of benzene rings is 1. The van der Waals surface area contributed by atoms with Crippen LogP contribution in [0.1, 0.15) is 47.0 Å². The minimum Gasteiger partial charge on any atom is -0.436 e. The molecule has 7 heteroatoms. The van der Waals surface area contributed by atoms with Gasteiger partial charge in [-0.3, -0.25) is 9.69 Å². The van der Waals surface area contributed by atoms with Crippen LogP contribution in [-0.2, 0) is 6.54 Å². The third kappa shape index (κ3) is 3.81. The Balaban J connectivity index is 1.58. The molecular formula is C22H28FN3O3. The number of aliphatic hydroxyl groups is 1. The zero-order chi connectivity index (χ0) is 20.6. The van der Waals surface area contributed by atoms with Crippen LogP contribution in [0.15, 0.2) is 28.7 Å². The molecule has 2 aliphatic heterocycles. The van der Waals surface area contributed by atoms with Crippen molar-refractivity contribution >= 4 is 5.91 Å². The van der Waals surface area contributed by atoms with Crippen molar-refractivity contribution in [2.24, 2.45) is 5.41 Å². The zero-order valence-electron chi connectivity index (χ0n) is 17.0. The van der Waals surface area contributed by atoms with Gasteiger partial charge in [0, 0.05) is 32.0 Å². The van der Waals surface area contributed by atoms with E-state index in [9.17, 15) is 14.3 Å². The minimum atomic E-state index is -0.296. The van der Waals surface area contributed by atoms with Crippen LogP contribution in [0.2, 0.25) is 0 Å². The molecule has 0 aliphatic carbocycles. The molecular weight excluding hydrogens is 373 g/mol. The number of hydrogen-bond acceptors (Lipinski definition) is 5. The highest BCUT2D eigenvalue weighted by molar-refractivity contribution is 5.92. The van der Waals surface area contributed by atoms with Crippen molar-refractivity contribution in [3.63, 3.8) is 0 Å². The van der Waals surface area contributed by atoms with Crippen LogP contribution in [0.25, 0.3) is 0 Å². The number of nitrogens with zero attached hydrogens (tertiary/aromatic N) is 3. The molecule has 0 saturated carbocycles. The SMILES string of the molecule is Cc1nc(C)c(C(=O)N2CCC[C@]3(CO)CCN(Cc4cccc(F)c4)C[C@@H]23)o1. The lowest BCUT2D eigenvalue weighted by molar-refractivity contribution is -0.0662. The van der Waals surface area contributed by atoms with E-state index < -0.39 is 0 Å². The lowest BCUT2D eigenvalue weighted by Gasteiger charge is -2.54. The molecule has 2 aromatic rings. The predicted molar refractivity (Wildman–Crippen MR) is 106 cm³/mol. The lowest BCUT2D eigenvalue weighted by Crippen LogP contribution is -2.63. The van der Waals surface area contributed by atoms with Crippen LogP contribution >= 0.6 is 0 Å². The van der Waals surface area contributed by atoms with Crippen molar-refractivity contribution in [2.45, 2.75) is 45.7 Å². The summed E-state index contributed by atoms with van der Waals surface area (Å²) >= 11 is 0. The third-order valence-corrected chi connectivity index (χ3v) is 6.48. The fourth-order valence-corrected chi connectivity index (χ4v) is 4.96. The van der Waals surface area contributed by atoms with Crippen molar-refractivity contribution in [3.05, 3.63) is 53.0 Å². The maximum atomic E-state index is 13.6. The van der Waals surface area contributed by atoms with E-state index in [2.05, 4.69) is 9.88 Å². The first-order valence-corrected chi connectivity index (χ1v) is 10.2. The Hall–Kier alpha value is -2.25. The van der Waals surface area contributed by atoms with Crippen LogP contribution < -0.4 is 0 Å². The van der Waals surface area contributed by atoms with Gasteiger partial charge in [0.2, 0.25) is 5.76 Å². The molecule has 1 amide bonds. The number of hydrogen-bond donors (Lipinski definition) is 1. The Morgan fingerprint density at radius 3 is 2.86 bits per heavy atom. The fourth-order valence-electron chi connectivity index (χ4n) is 4.96. The number of halogens is 1. The highest BCUT2D eigenvalue weighted by Gasteiger charge is 2.49. The number of rotatable bonds is 4. The summed E-state index contributed by atoms with van der Waals surface area (Å²) in [7, 11) is 0. The Bertz CT molecular complexity index is 899. The van der Waals surface area contributed by atoms with E-state index in [4.69, 9.17) is 4.42 Å². The average Bonchev–Trinajstić information content (AvgIpc) is 3.05. The number of carbonyl (C=O) groups is 1. The number of aryl methyl sites for hydroxylation is 2. The van der Waals surface area contributed by atoms with Gasteiger partial charge in [-0.25, -0.2) is 9.37 Å². The van der Waals surface area contributed by atoms with Crippen molar-refractivity contribution in [2.75, 3.05) is 26.2 Å². The second-order valence-electron chi connectivity index (χ2n) is 8.40. The topological polar surface area (TPSA) is 69.8 Å². The largest absolute Gasteiger partial charge is 0.436 e. The first-order chi connectivity index (χ1) is 13.9. The van der Waals surface area contributed by atoms with E-state index in [1.807, 2.05) is 11.0 Å². The van der Waals surface area contributed by atoms with Gasteiger partial charge in [0.25, 0.3) is 5.91 Å². The normalized spacial score (nSPS) is 25.1. The molecule has 2 aliphatic rings. The Morgan fingerprint density at radius 1 is 1.34 bits per heavy atom. The second kappa shape index (κ2) is 7.88. The molecule has 156 valence electrons. The number of likely N-dealkylation sites (tertiary alicyclic amines) is 2. The van der Waals surface area contributed by atoms with Crippen molar-refractivity contribution < 1.29 is 18.7 Å². The smallest absolute Gasteiger partial charge is 0.291 e. The summed E-state index contributed by atoms with van der Waals surface area (Å²) in [5, 5.41) is 10.3. The summed E-state index contributed by atoms with van der Waals surface area (Å²) in [5.41, 5.74) is 1.21. The minimum absolute atomic E-state index is 0.0592. The van der Waals surface area contributed by atoms with Gasteiger partial charge in [0.05, 0.1) is 18.3 Å². The monoisotopic (exact) mass is 401 g/mol. The molecule has 1 aromatic carbocycles. The summed E-state index contributed by atoms with van der Waals surface area (Å²) in [6.45, 7) is 6.30. The summed E-state index contributed by atoms with van der Waals surface area (Å²) < 4.78 is 19.2. The van der Waals surface area contributed by atoms with Gasteiger partial charge in [-0.15, -0.1) is 0 Å². The van der Waals surface area contributed by atoms with Crippen LogP contribution in [0, 0.1) is 25.1 Å². The van der Waals surface area contributed by atoms with Crippen LogP contribution in [0.3, 0.4) is 0 Å². The summed E-state index contributed by atoms with van der Waals surface area (Å²) in [5.74, 6) is 0.374. The maximum absolute atomic E-state index is 13.6. The predicted octanol–water partition coefficient (Wildman–Crippen LogP) is 2.92. The second-order valence-corrected chi connectivity index (χ2v) is 8.40. The van der Waals surface area contributed by atoms with Gasteiger partial charge in [-0.05, 0) is 50.4 Å². The maximum Gasteiger partial charge on any atom is 0.291 e. The molecule has 0 radical (unpaired) electrons. The van der Waals surface area contributed by atoms with E-state index in [0.717, 1.165) is 31.4 Å². The van der Waals surface area contributed by atoms with Crippen molar-refractivity contribution in [1.82, 2.24) is 14.8 Å². The van der Waals surface area contributed by atoms with Crippen LogP contribution in [0.5, 0.6) is 0 Å². The molecule has 0 unspecified atom stereocenters. The molecule has 0 bridgehead atoms. The fraction of sp³-hybridized carbons (Fsp3) is 0.545. The van der Waals surface area contributed by atoms with E-state index in [1.54, 1.807) is 26.0 Å². The standard InChI is InChI=1S/C22H28FN3O3/c1-15-20(29-16(2)24-15)21(28)26-9-4-7-22(14-27)8-10-25(13-19(22)26)12-17-5-3-6-18(23)11-17/h3,5-6,11,19,27H,4,7-10,12-14H2,1-2H3/t19-,22-/m1/s1. The highest BCUT2D eigenvalue weighted by Crippen LogP contribution is 2.43. The molecule has 2 atom stereocenters. The highest BCUT2D eigenvalue weighted by atomic mass is 19.1. The van der Waals surface area contributed by atoms with E-state index in [1.165, 1.54) is 6.07 Å². The number of carbonyl (C=O) groups excluding carboxylic acids is 1. The summed E-state index contributed by atoms with van der Waals surface area (Å²) in [6, 6.07) is 6.53. The molecule has 1 N–H and O–H groups in total. The van der Waals surface area contributed by atoms with Gasteiger partial charge in [-0.2, -0.15) is 0 Å². The molecule has 4 rings (SSSR count). The van der Waals surface area contributed by atoms with Gasteiger partial charge in [0.15, 0.2) is 5.89 Å². The van der Waals surface area contributed by atoms with E-state index in [-0.39, 0.29) is 29.8 Å². The van der Waals surface area contributed by atoms with Gasteiger partial charge in [-0.1, -0.05) is 12.1 Å². The first-order valence-electron chi connectivity index (χ1n) is 10.2. The van der Waals surface area contributed by atoms with Gasteiger partial charge < -0.3 is 14.4 Å². The molecule has 1 aromatic heterocycles. The average molecular weight is 401 g/mol. The Morgan fingerprint density at radius 2 is 2.17 bits per heavy atom. The van der Waals surface area contributed by atoms with Gasteiger partial charge in [0.1, 0.15) is 5.82 Å². The number of aliphatic hydroxyl groups excluding tert-OH is 1. The zero-order valence-corrected chi connectivity index (χ0v) is 17.0. The molecule has 2 fully saturated rings. The molecule has 3 heterocycles.